The molecule has 1 aliphatic carbocycles. The number of alkyl halides is 1. The zero-order valence-corrected chi connectivity index (χ0v) is 7.45. The minimum atomic E-state index is -3.00. The summed E-state index contributed by atoms with van der Waals surface area (Å²) >= 11 is 5.67. The largest absolute Gasteiger partial charge is 0.228 e. The van der Waals surface area contributed by atoms with Gasteiger partial charge in [-0.2, -0.15) is 0 Å². The number of sulfone groups is 1. The Labute approximate surface area is 66.5 Å². The van der Waals surface area contributed by atoms with Gasteiger partial charge in [0.15, 0.2) is 9.84 Å². The van der Waals surface area contributed by atoms with Crippen LogP contribution in [0.4, 0.5) is 0 Å². The SMILES string of the molecule is CS(=O)(=O)C(Cl)C1CCC1. The fraction of sp³-hybridized carbons (Fsp3) is 1.00. The maximum absolute atomic E-state index is 10.8. The zero-order valence-electron chi connectivity index (χ0n) is 5.88. The molecule has 0 N–H and O–H groups in total. The molecule has 10 heavy (non-hydrogen) atoms. The second-order valence-corrected chi connectivity index (χ2v) is 5.77. The van der Waals surface area contributed by atoms with Crippen molar-refractivity contribution < 1.29 is 8.42 Å². The summed E-state index contributed by atoms with van der Waals surface area (Å²) in [7, 11) is -3.00. The predicted octanol–water partition coefficient (Wildman–Crippen LogP) is 1.40. The molecule has 0 radical (unpaired) electrons. The first kappa shape index (κ1) is 8.34. The van der Waals surface area contributed by atoms with E-state index >= 15 is 0 Å². The van der Waals surface area contributed by atoms with Crippen molar-refractivity contribution in [1.82, 2.24) is 0 Å². The van der Waals surface area contributed by atoms with Gasteiger partial charge in [-0.15, -0.1) is 11.6 Å². The van der Waals surface area contributed by atoms with E-state index in [0.717, 1.165) is 19.3 Å². The first-order chi connectivity index (χ1) is 4.52. The molecule has 0 amide bonds. The van der Waals surface area contributed by atoms with E-state index in [1.165, 1.54) is 6.26 Å². The van der Waals surface area contributed by atoms with E-state index in [2.05, 4.69) is 0 Å². The van der Waals surface area contributed by atoms with Crippen LogP contribution in [0.5, 0.6) is 0 Å². The predicted molar refractivity (Wildman–Crippen MR) is 41.8 cm³/mol. The summed E-state index contributed by atoms with van der Waals surface area (Å²) in [5.41, 5.74) is 0. The Bertz CT molecular complexity index is 206. The molecule has 0 heterocycles. The molecule has 1 atom stereocenters. The molecule has 0 spiro atoms. The Hall–Kier alpha value is 0.240. The van der Waals surface area contributed by atoms with E-state index in [0.29, 0.717) is 0 Å². The van der Waals surface area contributed by atoms with Crippen LogP contribution in [0.1, 0.15) is 19.3 Å². The lowest BCUT2D eigenvalue weighted by Gasteiger charge is -2.28. The van der Waals surface area contributed by atoms with Crippen LogP contribution >= 0.6 is 11.6 Å². The number of rotatable bonds is 2. The second-order valence-electron chi connectivity index (χ2n) is 2.87. The van der Waals surface area contributed by atoms with Gasteiger partial charge in [0, 0.05) is 6.26 Å². The summed E-state index contributed by atoms with van der Waals surface area (Å²) in [6.07, 6.45) is 4.27. The molecule has 0 saturated heterocycles. The second kappa shape index (κ2) is 2.70. The van der Waals surface area contributed by atoms with Gasteiger partial charge in [-0.3, -0.25) is 0 Å². The molecule has 2 nitrogen and oxygen atoms in total. The van der Waals surface area contributed by atoms with Crippen LogP contribution < -0.4 is 0 Å². The minimum Gasteiger partial charge on any atom is -0.228 e. The molecular weight excluding hydrogens is 172 g/mol. The lowest BCUT2D eigenvalue weighted by atomic mass is 9.87. The summed E-state index contributed by atoms with van der Waals surface area (Å²) in [5.74, 6) is 0.219. The molecule has 0 aromatic heterocycles. The smallest absolute Gasteiger partial charge is 0.164 e. The Morgan fingerprint density at radius 2 is 2.00 bits per heavy atom. The van der Waals surface area contributed by atoms with Gasteiger partial charge in [-0.05, 0) is 18.8 Å². The molecule has 0 aromatic carbocycles. The van der Waals surface area contributed by atoms with Crippen molar-refractivity contribution in [3.63, 3.8) is 0 Å². The maximum atomic E-state index is 10.8. The molecule has 0 aliphatic heterocycles. The Kier molecular flexibility index (Phi) is 2.25. The molecule has 1 fully saturated rings. The maximum Gasteiger partial charge on any atom is 0.164 e. The fourth-order valence-electron chi connectivity index (χ4n) is 1.05. The van der Waals surface area contributed by atoms with Gasteiger partial charge in [0.05, 0.1) is 0 Å². The standard InChI is InChI=1S/C6H11ClO2S/c1-10(8,9)6(7)5-3-2-4-5/h5-6H,2-4H2,1H3. The normalized spacial score (nSPS) is 23.8. The molecule has 0 aromatic rings. The van der Waals surface area contributed by atoms with Gasteiger partial charge in [0.25, 0.3) is 0 Å². The Balaban J connectivity index is 2.56. The van der Waals surface area contributed by atoms with E-state index in [9.17, 15) is 8.42 Å². The van der Waals surface area contributed by atoms with E-state index in [1.807, 2.05) is 0 Å². The molecule has 60 valence electrons. The topological polar surface area (TPSA) is 34.1 Å². The summed E-state index contributed by atoms with van der Waals surface area (Å²) in [6.45, 7) is 0. The van der Waals surface area contributed by atoms with Gasteiger partial charge in [-0.25, -0.2) is 8.42 Å². The fourth-order valence-corrected chi connectivity index (χ4v) is 2.27. The minimum absolute atomic E-state index is 0.219. The van der Waals surface area contributed by atoms with Crippen LogP contribution in [-0.4, -0.2) is 19.4 Å². The lowest BCUT2D eigenvalue weighted by molar-refractivity contribution is 0.333. The van der Waals surface area contributed by atoms with Crippen molar-refractivity contribution in [2.24, 2.45) is 5.92 Å². The highest BCUT2D eigenvalue weighted by Crippen LogP contribution is 2.34. The third kappa shape index (κ3) is 1.64. The van der Waals surface area contributed by atoms with Gasteiger partial charge < -0.3 is 0 Å². The van der Waals surface area contributed by atoms with Crippen molar-refractivity contribution in [1.29, 1.82) is 0 Å². The highest BCUT2D eigenvalue weighted by atomic mass is 35.5. The van der Waals surface area contributed by atoms with Crippen molar-refractivity contribution in [2.75, 3.05) is 6.26 Å². The number of halogens is 1. The molecule has 1 saturated carbocycles. The summed E-state index contributed by atoms with van der Waals surface area (Å²) in [5, 5.41) is 0. The van der Waals surface area contributed by atoms with Crippen LogP contribution in [0.3, 0.4) is 0 Å². The first-order valence-corrected chi connectivity index (χ1v) is 5.74. The van der Waals surface area contributed by atoms with Crippen molar-refractivity contribution in [3.05, 3.63) is 0 Å². The summed E-state index contributed by atoms with van der Waals surface area (Å²) < 4.78 is 21.0. The van der Waals surface area contributed by atoms with Crippen molar-refractivity contribution in [3.8, 4) is 0 Å². The van der Waals surface area contributed by atoms with E-state index < -0.39 is 14.5 Å². The lowest BCUT2D eigenvalue weighted by Crippen LogP contribution is -2.28. The highest BCUT2D eigenvalue weighted by Gasteiger charge is 2.32. The summed E-state index contributed by atoms with van der Waals surface area (Å²) in [6, 6.07) is 0. The molecule has 0 bridgehead atoms. The number of hydrogen-bond donors (Lipinski definition) is 0. The molecule has 1 unspecified atom stereocenters. The van der Waals surface area contributed by atoms with Gasteiger partial charge in [0.1, 0.15) is 4.71 Å². The van der Waals surface area contributed by atoms with Crippen molar-refractivity contribution >= 4 is 21.4 Å². The average molecular weight is 183 g/mol. The molecule has 1 aliphatic rings. The third-order valence-corrected chi connectivity index (χ3v) is 4.46. The number of hydrogen-bond acceptors (Lipinski definition) is 2. The van der Waals surface area contributed by atoms with Crippen LogP contribution in [-0.2, 0) is 9.84 Å². The van der Waals surface area contributed by atoms with Crippen molar-refractivity contribution in [2.45, 2.75) is 24.0 Å². The zero-order chi connectivity index (χ0) is 7.78. The quantitative estimate of drug-likeness (QED) is 0.605. The highest BCUT2D eigenvalue weighted by molar-refractivity contribution is 7.92. The van der Waals surface area contributed by atoms with E-state index in [1.54, 1.807) is 0 Å². The Morgan fingerprint density at radius 3 is 2.10 bits per heavy atom. The van der Waals surface area contributed by atoms with Gasteiger partial charge in [-0.1, -0.05) is 6.42 Å². The van der Waals surface area contributed by atoms with E-state index in [-0.39, 0.29) is 5.92 Å². The molecule has 1 rings (SSSR count). The molecule has 4 heteroatoms. The monoisotopic (exact) mass is 182 g/mol. The first-order valence-electron chi connectivity index (χ1n) is 3.35. The molecular formula is C6H11ClO2S. The van der Waals surface area contributed by atoms with Crippen LogP contribution in [0.15, 0.2) is 0 Å². The average Bonchev–Trinajstić information content (AvgIpc) is 1.57. The third-order valence-electron chi connectivity index (χ3n) is 1.93. The van der Waals surface area contributed by atoms with Crippen LogP contribution in [0.25, 0.3) is 0 Å². The van der Waals surface area contributed by atoms with Gasteiger partial charge >= 0.3 is 0 Å². The van der Waals surface area contributed by atoms with Gasteiger partial charge in [0.2, 0.25) is 0 Å². The Morgan fingerprint density at radius 1 is 1.50 bits per heavy atom. The van der Waals surface area contributed by atoms with Crippen LogP contribution in [0, 0.1) is 5.92 Å². The summed E-state index contributed by atoms with van der Waals surface area (Å²) in [4.78, 5) is 0. The van der Waals surface area contributed by atoms with Crippen LogP contribution in [0.2, 0.25) is 0 Å². The van der Waals surface area contributed by atoms with E-state index in [4.69, 9.17) is 11.6 Å².